The Labute approximate surface area is 82.4 Å². The zero-order valence-corrected chi connectivity index (χ0v) is 7.95. The van der Waals surface area contributed by atoms with Crippen molar-refractivity contribution in [3.8, 4) is 0 Å². The average Bonchev–Trinajstić information content (AvgIpc) is 2.86. The third-order valence-electron chi connectivity index (χ3n) is 3.02. The maximum absolute atomic E-state index is 11.7. The molecule has 0 unspecified atom stereocenters. The molecule has 1 aromatic heterocycles. The predicted octanol–water partition coefficient (Wildman–Crippen LogP) is 1.08. The fourth-order valence-electron chi connectivity index (χ4n) is 2.25. The Morgan fingerprint density at radius 3 is 2.71 bits per heavy atom. The first kappa shape index (κ1) is 9.27. The number of nitrogens with two attached hydrogens (primary N) is 1. The van der Waals surface area contributed by atoms with Crippen molar-refractivity contribution in [1.29, 1.82) is 0 Å². The van der Waals surface area contributed by atoms with Gasteiger partial charge >= 0.3 is 0 Å². The van der Waals surface area contributed by atoms with Crippen molar-refractivity contribution >= 4 is 5.91 Å². The first-order valence-corrected chi connectivity index (χ1v) is 4.85. The molecule has 14 heavy (non-hydrogen) atoms. The number of hydrogen-bond donors (Lipinski definition) is 2. The number of hydrogen-bond acceptors (Lipinski definition) is 3. The molecule has 3 N–H and O–H groups in total. The smallest absolute Gasteiger partial charge is 0.247 e. The fraction of sp³-hybridized carbons (Fsp3) is 0.500. The summed E-state index contributed by atoms with van der Waals surface area (Å²) in [4.78, 5) is 11.7. The Morgan fingerprint density at radius 2 is 2.21 bits per heavy atom. The standard InChI is InChI=1S/C10H14N2O2/c11-12-9(13)10(5-1-2-6-10)8-4-3-7-14-8/h3-4,7H,1-2,5-6,11H2,(H,12,13). The first-order valence-electron chi connectivity index (χ1n) is 4.85. The number of hydrazine groups is 1. The molecule has 4 nitrogen and oxygen atoms in total. The summed E-state index contributed by atoms with van der Waals surface area (Å²) in [6, 6.07) is 3.65. The van der Waals surface area contributed by atoms with Gasteiger partial charge in [-0.25, -0.2) is 5.84 Å². The van der Waals surface area contributed by atoms with Crippen molar-refractivity contribution in [3.05, 3.63) is 24.2 Å². The fourth-order valence-corrected chi connectivity index (χ4v) is 2.25. The van der Waals surface area contributed by atoms with Crippen LogP contribution in [0.25, 0.3) is 0 Å². The monoisotopic (exact) mass is 194 g/mol. The van der Waals surface area contributed by atoms with E-state index in [0.717, 1.165) is 31.4 Å². The van der Waals surface area contributed by atoms with E-state index in [9.17, 15) is 4.79 Å². The second kappa shape index (κ2) is 3.46. The van der Waals surface area contributed by atoms with E-state index in [1.54, 1.807) is 12.3 Å². The lowest BCUT2D eigenvalue weighted by Crippen LogP contribution is -2.45. The van der Waals surface area contributed by atoms with Gasteiger partial charge < -0.3 is 4.42 Å². The van der Waals surface area contributed by atoms with Crippen molar-refractivity contribution in [2.45, 2.75) is 31.1 Å². The molecule has 0 aromatic carbocycles. The summed E-state index contributed by atoms with van der Waals surface area (Å²) in [6.45, 7) is 0. The van der Waals surface area contributed by atoms with Gasteiger partial charge in [0.25, 0.3) is 0 Å². The van der Waals surface area contributed by atoms with Gasteiger partial charge in [0.1, 0.15) is 11.2 Å². The van der Waals surface area contributed by atoms with Gasteiger partial charge in [-0.2, -0.15) is 0 Å². The van der Waals surface area contributed by atoms with Crippen LogP contribution < -0.4 is 11.3 Å². The van der Waals surface area contributed by atoms with Crippen LogP contribution in [0.3, 0.4) is 0 Å². The summed E-state index contributed by atoms with van der Waals surface area (Å²) >= 11 is 0. The molecule has 0 saturated heterocycles. The highest BCUT2D eigenvalue weighted by Gasteiger charge is 2.44. The number of furan rings is 1. The Bertz CT molecular complexity index is 313. The molecule has 1 saturated carbocycles. The molecule has 1 amide bonds. The molecule has 2 rings (SSSR count). The minimum atomic E-state index is -0.516. The molecule has 1 aliphatic rings. The van der Waals surface area contributed by atoms with Crippen LogP contribution in [0.2, 0.25) is 0 Å². The van der Waals surface area contributed by atoms with E-state index in [1.807, 2.05) is 6.07 Å². The van der Waals surface area contributed by atoms with Gasteiger partial charge in [0.05, 0.1) is 6.26 Å². The second-order valence-electron chi connectivity index (χ2n) is 3.74. The summed E-state index contributed by atoms with van der Waals surface area (Å²) in [5, 5.41) is 0. The number of amides is 1. The summed E-state index contributed by atoms with van der Waals surface area (Å²) in [5.74, 6) is 5.80. The van der Waals surface area contributed by atoms with Crippen molar-refractivity contribution < 1.29 is 9.21 Å². The summed E-state index contributed by atoms with van der Waals surface area (Å²) in [5.41, 5.74) is 1.72. The molecule has 4 heteroatoms. The summed E-state index contributed by atoms with van der Waals surface area (Å²) in [6.07, 6.45) is 5.34. The van der Waals surface area contributed by atoms with E-state index >= 15 is 0 Å². The van der Waals surface area contributed by atoms with E-state index < -0.39 is 5.41 Å². The van der Waals surface area contributed by atoms with Gasteiger partial charge in [-0.1, -0.05) is 12.8 Å². The normalized spacial score (nSPS) is 19.5. The van der Waals surface area contributed by atoms with E-state index in [2.05, 4.69) is 5.43 Å². The number of carbonyl (C=O) groups excluding carboxylic acids is 1. The van der Waals surface area contributed by atoms with Crippen LogP contribution in [0.4, 0.5) is 0 Å². The lowest BCUT2D eigenvalue weighted by Gasteiger charge is -2.23. The molecule has 1 aliphatic carbocycles. The molecule has 76 valence electrons. The SMILES string of the molecule is NNC(=O)C1(c2ccco2)CCCC1. The van der Waals surface area contributed by atoms with E-state index in [-0.39, 0.29) is 5.91 Å². The van der Waals surface area contributed by atoms with Crippen LogP contribution in [-0.4, -0.2) is 5.91 Å². The van der Waals surface area contributed by atoms with Gasteiger partial charge in [0, 0.05) is 0 Å². The van der Waals surface area contributed by atoms with E-state index in [0.29, 0.717) is 0 Å². The lowest BCUT2D eigenvalue weighted by atomic mass is 9.83. The van der Waals surface area contributed by atoms with Gasteiger partial charge in [-0.3, -0.25) is 10.2 Å². The van der Waals surface area contributed by atoms with Crippen molar-refractivity contribution in [3.63, 3.8) is 0 Å². The number of nitrogens with one attached hydrogen (secondary N) is 1. The molecule has 0 aliphatic heterocycles. The Hall–Kier alpha value is -1.29. The molecule has 0 radical (unpaired) electrons. The highest BCUT2D eigenvalue weighted by atomic mass is 16.3. The Morgan fingerprint density at radius 1 is 1.50 bits per heavy atom. The molecular formula is C10H14N2O2. The molecule has 0 atom stereocenters. The van der Waals surface area contributed by atoms with Gasteiger partial charge in [-0.05, 0) is 25.0 Å². The Balaban J connectivity index is 2.36. The van der Waals surface area contributed by atoms with E-state index in [4.69, 9.17) is 10.3 Å². The molecule has 1 fully saturated rings. The van der Waals surface area contributed by atoms with Crippen molar-refractivity contribution in [2.24, 2.45) is 5.84 Å². The first-order chi connectivity index (χ1) is 6.79. The largest absolute Gasteiger partial charge is 0.468 e. The van der Waals surface area contributed by atoms with E-state index in [1.165, 1.54) is 0 Å². The second-order valence-corrected chi connectivity index (χ2v) is 3.74. The maximum atomic E-state index is 11.7. The predicted molar refractivity (Wildman–Crippen MR) is 51.2 cm³/mol. The zero-order valence-electron chi connectivity index (χ0n) is 7.95. The summed E-state index contributed by atoms with van der Waals surface area (Å²) < 4.78 is 5.33. The third-order valence-corrected chi connectivity index (χ3v) is 3.02. The zero-order chi connectivity index (χ0) is 10.0. The van der Waals surface area contributed by atoms with Crippen LogP contribution in [0, 0.1) is 0 Å². The minimum Gasteiger partial charge on any atom is -0.468 e. The highest BCUT2D eigenvalue weighted by molar-refractivity contribution is 5.87. The number of carbonyl (C=O) groups is 1. The van der Waals surface area contributed by atoms with Crippen LogP contribution in [0.1, 0.15) is 31.4 Å². The highest BCUT2D eigenvalue weighted by Crippen LogP contribution is 2.41. The molecule has 0 bridgehead atoms. The van der Waals surface area contributed by atoms with Crippen molar-refractivity contribution in [1.82, 2.24) is 5.43 Å². The third kappa shape index (κ3) is 1.23. The quantitative estimate of drug-likeness (QED) is 0.420. The molecular weight excluding hydrogens is 180 g/mol. The van der Waals surface area contributed by atoms with Gasteiger partial charge in [0.2, 0.25) is 5.91 Å². The lowest BCUT2D eigenvalue weighted by molar-refractivity contribution is -0.127. The minimum absolute atomic E-state index is 0.134. The van der Waals surface area contributed by atoms with Crippen LogP contribution in [0.5, 0.6) is 0 Å². The van der Waals surface area contributed by atoms with Gasteiger partial charge in [-0.15, -0.1) is 0 Å². The van der Waals surface area contributed by atoms with Gasteiger partial charge in [0.15, 0.2) is 0 Å². The van der Waals surface area contributed by atoms with Crippen LogP contribution in [-0.2, 0) is 10.2 Å². The number of rotatable bonds is 2. The topological polar surface area (TPSA) is 68.3 Å². The molecule has 1 aromatic rings. The summed E-state index contributed by atoms with van der Waals surface area (Å²) in [7, 11) is 0. The Kier molecular flexibility index (Phi) is 2.29. The van der Waals surface area contributed by atoms with Crippen LogP contribution in [0.15, 0.2) is 22.8 Å². The maximum Gasteiger partial charge on any atom is 0.247 e. The van der Waals surface area contributed by atoms with Crippen molar-refractivity contribution in [2.75, 3.05) is 0 Å². The average molecular weight is 194 g/mol. The molecule has 1 heterocycles. The molecule has 0 spiro atoms. The van der Waals surface area contributed by atoms with Crippen LogP contribution >= 0.6 is 0 Å².